The Balaban J connectivity index is 1.27. The molecule has 208 valence electrons. The molecule has 2 amide bonds. The molecule has 0 atom stereocenters. The summed E-state index contributed by atoms with van der Waals surface area (Å²) in [5.41, 5.74) is 6.41. The second kappa shape index (κ2) is 11.0. The first-order chi connectivity index (χ1) is 19.9. The Bertz CT molecular complexity index is 1600. The molecule has 0 radical (unpaired) electrons. The van der Waals surface area contributed by atoms with Gasteiger partial charge in [0.2, 0.25) is 5.91 Å². The number of ether oxygens (including phenoxy) is 1. The fourth-order valence-electron chi connectivity index (χ4n) is 5.68. The van der Waals surface area contributed by atoms with Crippen LogP contribution in [0, 0.1) is 0 Å². The van der Waals surface area contributed by atoms with E-state index in [1.54, 1.807) is 18.2 Å². The first kappa shape index (κ1) is 26.5. The highest BCUT2D eigenvalue weighted by molar-refractivity contribution is 6.37. The first-order valence-corrected chi connectivity index (χ1v) is 13.6. The predicted molar refractivity (Wildman–Crippen MR) is 155 cm³/mol. The van der Waals surface area contributed by atoms with E-state index in [9.17, 15) is 19.2 Å². The number of carbonyl (C=O) groups is 4. The fraction of sp³-hybridized carbons (Fsp3) is 0.250. The third kappa shape index (κ3) is 5.36. The number of Topliss-reactive ketones (excluding diaryl/α,β-unsaturated/α-hetero) is 1. The second-order valence-electron chi connectivity index (χ2n) is 10.5. The van der Waals surface area contributed by atoms with E-state index in [1.165, 1.54) is 7.11 Å². The van der Waals surface area contributed by atoms with Gasteiger partial charge in [0.15, 0.2) is 0 Å². The third-order valence-corrected chi connectivity index (χ3v) is 7.74. The molecular weight excluding hydrogens is 520 g/mol. The van der Waals surface area contributed by atoms with E-state index in [4.69, 9.17) is 4.74 Å². The number of esters is 1. The first-order valence-electron chi connectivity index (χ1n) is 13.6. The normalized spacial score (nSPS) is 17.5. The summed E-state index contributed by atoms with van der Waals surface area (Å²) < 4.78 is 4.83. The highest BCUT2D eigenvalue weighted by Crippen LogP contribution is 2.38. The average Bonchev–Trinajstić information content (AvgIpc) is 3.55. The van der Waals surface area contributed by atoms with E-state index < -0.39 is 5.97 Å². The maximum absolute atomic E-state index is 13.3. The van der Waals surface area contributed by atoms with Gasteiger partial charge in [0.05, 0.1) is 42.7 Å². The predicted octanol–water partition coefficient (Wildman–Crippen LogP) is 3.91. The third-order valence-electron chi connectivity index (χ3n) is 7.74. The van der Waals surface area contributed by atoms with Crippen LogP contribution in [0.25, 0.3) is 11.3 Å². The SMILES string of the molecule is COC(=O)c1ccc2c(c1)NC(=O)/C2=C(\Nc1ccc2c(c1)CN(C(=O)CN1CCCC(=O)C1)C2)c1ccccc1. The molecule has 3 aromatic carbocycles. The van der Waals surface area contributed by atoms with Gasteiger partial charge in [-0.15, -0.1) is 0 Å². The van der Waals surface area contributed by atoms with E-state index in [-0.39, 0.29) is 24.1 Å². The van der Waals surface area contributed by atoms with Crippen molar-refractivity contribution >= 4 is 46.2 Å². The van der Waals surface area contributed by atoms with E-state index in [0.717, 1.165) is 35.3 Å². The number of carbonyl (C=O) groups excluding carboxylic acids is 4. The summed E-state index contributed by atoms with van der Waals surface area (Å²) in [6, 6.07) is 20.6. The van der Waals surface area contributed by atoms with Gasteiger partial charge in [-0.2, -0.15) is 0 Å². The summed E-state index contributed by atoms with van der Waals surface area (Å²) in [4.78, 5) is 53.9. The Morgan fingerprint density at radius 1 is 0.927 bits per heavy atom. The topological polar surface area (TPSA) is 108 Å². The van der Waals surface area contributed by atoms with Crippen LogP contribution in [0.3, 0.4) is 0 Å². The van der Waals surface area contributed by atoms with E-state index in [1.807, 2.05) is 58.3 Å². The van der Waals surface area contributed by atoms with Crippen LogP contribution in [-0.2, 0) is 32.2 Å². The Morgan fingerprint density at radius 2 is 1.73 bits per heavy atom. The van der Waals surface area contributed by atoms with Gasteiger partial charge in [-0.1, -0.05) is 42.5 Å². The molecule has 3 aliphatic heterocycles. The molecule has 3 heterocycles. The Morgan fingerprint density at radius 3 is 2.51 bits per heavy atom. The lowest BCUT2D eigenvalue weighted by atomic mass is 9.98. The number of ketones is 1. The minimum absolute atomic E-state index is 0.0167. The number of fused-ring (bicyclic) bond motifs is 2. The number of amides is 2. The zero-order chi connectivity index (χ0) is 28.5. The zero-order valence-corrected chi connectivity index (χ0v) is 22.7. The molecule has 0 aromatic heterocycles. The fourth-order valence-corrected chi connectivity index (χ4v) is 5.68. The number of anilines is 2. The van der Waals surface area contributed by atoms with Crippen molar-refractivity contribution in [1.82, 2.24) is 9.80 Å². The van der Waals surface area contributed by atoms with Gasteiger partial charge < -0.3 is 20.3 Å². The molecule has 9 heteroatoms. The molecule has 0 aliphatic carbocycles. The highest BCUT2D eigenvalue weighted by Gasteiger charge is 2.30. The van der Waals surface area contributed by atoms with Gasteiger partial charge in [0, 0.05) is 30.8 Å². The van der Waals surface area contributed by atoms with Crippen LogP contribution in [0.2, 0.25) is 0 Å². The van der Waals surface area contributed by atoms with E-state index in [0.29, 0.717) is 54.1 Å². The Kier molecular flexibility index (Phi) is 7.11. The zero-order valence-electron chi connectivity index (χ0n) is 22.7. The molecule has 3 aliphatic rings. The number of nitrogens with zero attached hydrogens (tertiary/aromatic N) is 2. The maximum Gasteiger partial charge on any atom is 0.337 e. The molecule has 0 spiro atoms. The van der Waals surface area contributed by atoms with E-state index in [2.05, 4.69) is 10.6 Å². The molecule has 9 nitrogen and oxygen atoms in total. The molecule has 1 saturated heterocycles. The standard InChI is InChI=1S/C32H30N4O5/c1-41-32(40)21-10-12-26-27(15-21)34-31(39)29(26)30(20-6-3-2-4-7-20)33-24-11-9-22-16-36(17-23(22)14-24)28(38)19-35-13-5-8-25(37)18-35/h2-4,6-7,9-12,14-15,33H,5,8,13,16-19H2,1H3,(H,34,39)/b30-29-. The van der Waals surface area contributed by atoms with Crippen LogP contribution in [0.4, 0.5) is 11.4 Å². The van der Waals surface area contributed by atoms with Crippen molar-refractivity contribution in [3.05, 3.63) is 94.5 Å². The molecule has 0 bridgehead atoms. The van der Waals surface area contributed by atoms with Crippen LogP contribution in [0.5, 0.6) is 0 Å². The summed E-state index contributed by atoms with van der Waals surface area (Å²) in [7, 11) is 1.32. The Hall–Kier alpha value is -4.76. The Labute approximate surface area is 237 Å². The van der Waals surface area contributed by atoms with Crippen molar-refractivity contribution in [3.63, 3.8) is 0 Å². The lowest BCUT2D eigenvalue weighted by Crippen LogP contribution is -2.43. The molecular formula is C32H30N4O5. The lowest BCUT2D eigenvalue weighted by Gasteiger charge is -2.27. The summed E-state index contributed by atoms with van der Waals surface area (Å²) >= 11 is 0. The minimum Gasteiger partial charge on any atom is -0.465 e. The largest absolute Gasteiger partial charge is 0.465 e. The smallest absolute Gasteiger partial charge is 0.337 e. The van der Waals surface area contributed by atoms with Gasteiger partial charge in [0.1, 0.15) is 5.78 Å². The number of methoxy groups -OCH3 is 1. The number of rotatable bonds is 6. The lowest BCUT2D eigenvalue weighted by molar-refractivity contribution is -0.134. The van der Waals surface area contributed by atoms with Crippen molar-refractivity contribution in [2.24, 2.45) is 0 Å². The van der Waals surface area contributed by atoms with Crippen molar-refractivity contribution in [3.8, 4) is 0 Å². The molecule has 2 N–H and O–H groups in total. The average molecular weight is 551 g/mol. The minimum atomic E-state index is -0.476. The molecule has 0 unspecified atom stereocenters. The molecule has 3 aromatic rings. The molecule has 41 heavy (non-hydrogen) atoms. The van der Waals surface area contributed by atoms with Crippen molar-refractivity contribution < 1.29 is 23.9 Å². The summed E-state index contributed by atoms with van der Waals surface area (Å²) in [5, 5.41) is 6.36. The summed E-state index contributed by atoms with van der Waals surface area (Å²) in [6.07, 6.45) is 1.40. The van der Waals surface area contributed by atoms with Crippen LogP contribution < -0.4 is 10.6 Å². The monoisotopic (exact) mass is 550 g/mol. The van der Waals surface area contributed by atoms with Gasteiger partial charge in [-0.05, 0) is 53.9 Å². The highest BCUT2D eigenvalue weighted by atomic mass is 16.5. The van der Waals surface area contributed by atoms with Crippen molar-refractivity contribution in [2.45, 2.75) is 25.9 Å². The maximum atomic E-state index is 13.3. The van der Waals surface area contributed by atoms with Crippen molar-refractivity contribution in [2.75, 3.05) is 37.4 Å². The van der Waals surface area contributed by atoms with Gasteiger partial charge in [-0.25, -0.2) is 4.79 Å². The number of likely N-dealkylation sites (tertiary alicyclic amines) is 1. The molecule has 6 rings (SSSR count). The molecule has 1 fully saturated rings. The number of hydrogen-bond acceptors (Lipinski definition) is 7. The number of hydrogen-bond donors (Lipinski definition) is 2. The van der Waals surface area contributed by atoms with Crippen LogP contribution in [-0.4, -0.2) is 60.1 Å². The second-order valence-corrected chi connectivity index (χ2v) is 10.5. The number of benzene rings is 3. The summed E-state index contributed by atoms with van der Waals surface area (Å²) in [5.74, 6) is -0.545. The molecule has 0 saturated carbocycles. The summed E-state index contributed by atoms with van der Waals surface area (Å²) in [6.45, 7) is 2.38. The number of piperidine rings is 1. The van der Waals surface area contributed by atoms with Crippen LogP contribution in [0.15, 0.2) is 66.7 Å². The quantitative estimate of drug-likeness (QED) is 0.354. The van der Waals surface area contributed by atoms with Gasteiger partial charge in [0.25, 0.3) is 5.91 Å². The van der Waals surface area contributed by atoms with Gasteiger partial charge >= 0.3 is 5.97 Å². The van der Waals surface area contributed by atoms with Crippen molar-refractivity contribution in [1.29, 1.82) is 0 Å². The van der Waals surface area contributed by atoms with Crippen LogP contribution in [0.1, 0.15) is 45.5 Å². The number of nitrogens with one attached hydrogen (secondary N) is 2. The van der Waals surface area contributed by atoms with Crippen LogP contribution >= 0.6 is 0 Å². The van der Waals surface area contributed by atoms with Gasteiger partial charge in [-0.3, -0.25) is 19.3 Å². The van der Waals surface area contributed by atoms with E-state index >= 15 is 0 Å².